The summed E-state index contributed by atoms with van der Waals surface area (Å²) in [5.41, 5.74) is 1.01. The Morgan fingerprint density at radius 3 is 2.57 bits per heavy atom. The number of rotatable bonds is 5. The van der Waals surface area contributed by atoms with Crippen LogP contribution in [0.1, 0.15) is 43.7 Å². The quantitative estimate of drug-likeness (QED) is 0.615. The Bertz CT molecular complexity index is 781. The van der Waals surface area contributed by atoms with E-state index in [0.29, 0.717) is 10.9 Å². The third-order valence-corrected chi connectivity index (χ3v) is 4.64. The molecule has 0 fully saturated rings. The second kappa shape index (κ2) is 6.76. The van der Waals surface area contributed by atoms with Crippen LogP contribution in [0.4, 0.5) is 0 Å². The van der Waals surface area contributed by atoms with Crippen molar-refractivity contribution in [1.29, 1.82) is 0 Å². The Kier molecular flexibility index (Phi) is 4.73. The summed E-state index contributed by atoms with van der Waals surface area (Å²) in [6, 6.07) is 7.65. The minimum absolute atomic E-state index is 0.0171. The van der Waals surface area contributed by atoms with E-state index in [0.717, 1.165) is 16.7 Å². The second-order valence-corrected chi connectivity index (χ2v) is 7.21. The van der Waals surface area contributed by atoms with Gasteiger partial charge in [0.15, 0.2) is 11.0 Å². The van der Waals surface area contributed by atoms with Gasteiger partial charge in [-0.25, -0.2) is 4.98 Å². The Balaban J connectivity index is 1.80. The van der Waals surface area contributed by atoms with Gasteiger partial charge in [-0.2, -0.15) is 4.98 Å². The lowest BCUT2D eigenvalue weighted by Gasteiger charge is -2.10. The van der Waals surface area contributed by atoms with Gasteiger partial charge in [-0.1, -0.05) is 42.4 Å². The van der Waals surface area contributed by atoms with Gasteiger partial charge in [0, 0.05) is 29.0 Å². The molecule has 5 nitrogen and oxygen atoms in total. The normalized spacial score (nSPS) is 12.7. The predicted octanol–water partition coefficient (Wildman–Crippen LogP) is 4.89. The largest absolute Gasteiger partial charge is 0.338 e. The van der Waals surface area contributed by atoms with Crippen molar-refractivity contribution < 1.29 is 4.52 Å². The number of hydrogen-bond acceptors (Lipinski definition) is 5. The van der Waals surface area contributed by atoms with Crippen LogP contribution in [-0.4, -0.2) is 19.7 Å². The van der Waals surface area contributed by atoms with Crippen LogP contribution in [-0.2, 0) is 0 Å². The van der Waals surface area contributed by atoms with Crippen molar-refractivity contribution in [2.75, 3.05) is 0 Å². The van der Waals surface area contributed by atoms with E-state index in [1.54, 1.807) is 18.0 Å². The van der Waals surface area contributed by atoms with Crippen molar-refractivity contribution >= 4 is 23.4 Å². The summed E-state index contributed by atoms with van der Waals surface area (Å²) in [4.78, 5) is 8.88. The maximum atomic E-state index is 5.95. The van der Waals surface area contributed by atoms with E-state index in [4.69, 9.17) is 16.1 Å². The van der Waals surface area contributed by atoms with Gasteiger partial charge in [-0.3, -0.25) is 4.57 Å². The van der Waals surface area contributed by atoms with Crippen molar-refractivity contribution in [1.82, 2.24) is 19.7 Å². The molecule has 120 valence electrons. The molecule has 0 spiro atoms. The molecule has 2 aromatic heterocycles. The highest BCUT2D eigenvalue weighted by molar-refractivity contribution is 7.99. The summed E-state index contributed by atoms with van der Waals surface area (Å²) in [7, 11) is 0. The molecule has 0 aliphatic heterocycles. The zero-order valence-electron chi connectivity index (χ0n) is 13.1. The van der Waals surface area contributed by atoms with Gasteiger partial charge in [0.1, 0.15) is 0 Å². The number of halogens is 1. The smallest absolute Gasteiger partial charge is 0.239 e. The molecule has 3 rings (SSSR count). The van der Waals surface area contributed by atoms with Crippen LogP contribution in [0.15, 0.2) is 46.3 Å². The first-order valence-corrected chi connectivity index (χ1v) is 8.60. The fraction of sp³-hybridized carbons (Fsp3) is 0.312. The molecule has 0 radical (unpaired) electrons. The highest BCUT2D eigenvalue weighted by Gasteiger charge is 2.19. The molecule has 0 aliphatic rings. The summed E-state index contributed by atoms with van der Waals surface area (Å²) < 4.78 is 7.37. The number of imidazole rings is 1. The molecule has 3 aromatic rings. The van der Waals surface area contributed by atoms with Crippen LogP contribution in [0.25, 0.3) is 5.69 Å². The van der Waals surface area contributed by atoms with Crippen LogP contribution < -0.4 is 0 Å². The highest BCUT2D eigenvalue weighted by atomic mass is 35.5. The van der Waals surface area contributed by atoms with Gasteiger partial charge < -0.3 is 4.52 Å². The maximum Gasteiger partial charge on any atom is 0.239 e. The minimum atomic E-state index is 0.0171. The standard InChI is InChI=1S/C16H17ClN4OS/c1-10(2)14-19-15(22-20-14)11(3)23-16-18-8-9-21(16)13-6-4-12(17)5-7-13/h4-11H,1-3H3/t11-/m1/s1. The fourth-order valence-corrected chi connectivity index (χ4v) is 3.07. The molecule has 1 aromatic carbocycles. The average molecular weight is 349 g/mol. The zero-order chi connectivity index (χ0) is 16.4. The molecule has 0 saturated heterocycles. The molecule has 2 heterocycles. The summed E-state index contributed by atoms with van der Waals surface area (Å²) >= 11 is 7.52. The molecule has 0 saturated carbocycles. The van der Waals surface area contributed by atoms with Crippen LogP contribution in [0, 0.1) is 0 Å². The number of hydrogen-bond donors (Lipinski definition) is 0. The van der Waals surface area contributed by atoms with Crippen molar-refractivity contribution in [2.24, 2.45) is 0 Å². The zero-order valence-corrected chi connectivity index (χ0v) is 14.7. The van der Waals surface area contributed by atoms with Crippen molar-refractivity contribution in [3.63, 3.8) is 0 Å². The van der Waals surface area contributed by atoms with Crippen LogP contribution in [0.3, 0.4) is 0 Å². The number of nitrogens with zero attached hydrogens (tertiary/aromatic N) is 4. The number of aromatic nitrogens is 4. The molecule has 0 aliphatic carbocycles. The molecule has 1 atom stereocenters. The molecular weight excluding hydrogens is 332 g/mol. The lowest BCUT2D eigenvalue weighted by Crippen LogP contribution is -1.98. The summed E-state index contributed by atoms with van der Waals surface area (Å²) in [5, 5.41) is 5.61. The molecular formula is C16H17ClN4OS. The second-order valence-electron chi connectivity index (χ2n) is 5.46. The number of benzene rings is 1. The Morgan fingerprint density at radius 1 is 1.17 bits per heavy atom. The van der Waals surface area contributed by atoms with Crippen LogP contribution in [0.2, 0.25) is 5.02 Å². The summed E-state index contributed by atoms with van der Waals surface area (Å²) in [5.74, 6) is 1.60. The van der Waals surface area contributed by atoms with E-state index in [1.165, 1.54) is 0 Å². The van der Waals surface area contributed by atoms with E-state index < -0.39 is 0 Å². The monoisotopic (exact) mass is 348 g/mol. The first-order valence-electron chi connectivity index (χ1n) is 7.34. The Hall–Kier alpha value is -1.79. The lowest BCUT2D eigenvalue weighted by molar-refractivity contribution is 0.373. The van der Waals surface area contributed by atoms with Gasteiger partial charge >= 0.3 is 0 Å². The lowest BCUT2D eigenvalue weighted by atomic mass is 10.2. The predicted molar refractivity (Wildman–Crippen MR) is 91.2 cm³/mol. The molecule has 0 N–H and O–H groups in total. The molecule has 7 heteroatoms. The van der Waals surface area contributed by atoms with Gasteiger partial charge in [-0.05, 0) is 31.2 Å². The van der Waals surface area contributed by atoms with E-state index in [2.05, 4.69) is 15.1 Å². The van der Waals surface area contributed by atoms with Gasteiger partial charge in [-0.15, -0.1) is 0 Å². The molecule has 0 unspecified atom stereocenters. The van der Waals surface area contributed by atoms with E-state index >= 15 is 0 Å². The SMILES string of the molecule is CC(C)c1noc([C@@H](C)Sc2nccn2-c2ccc(Cl)cc2)n1. The Morgan fingerprint density at radius 2 is 1.91 bits per heavy atom. The molecule has 0 bridgehead atoms. The van der Waals surface area contributed by atoms with Gasteiger partial charge in [0.2, 0.25) is 5.89 Å². The summed E-state index contributed by atoms with van der Waals surface area (Å²) in [6.07, 6.45) is 3.70. The third kappa shape index (κ3) is 3.59. The van der Waals surface area contributed by atoms with E-state index in [1.807, 2.05) is 55.8 Å². The molecule has 0 amide bonds. The number of thioether (sulfide) groups is 1. The van der Waals surface area contributed by atoms with Crippen LogP contribution >= 0.6 is 23.4 Å². The minimum Gasteiger partial charge on any atom is -0.338 e. The first-order chi connectivity index (χ1) is 11.0. The van der Waals surface area contributed by atoms with E-state index in [9.17, 15) is 0 Å². The van der Waals surface area contributed by atoms with E-state index in [-0.39, 0.29) is 11.2 Å². The highest BCUT2D eigenvalue weighted by Crippen LogP contribution is 2.34. The van der Waals surface area contributed by atoms with Crippen LogP contribution in [0.5, 0.6) is 0 Å². The van der Waals surface area contributed by atoms with Crippen molar-refractivity contribution in [3.8, 4) is 5.69 Å². The van der Waals surface area contributed by atoms with Gasteiger partial charge in [0.05, 0.1) is 5.25 Å². The third-order valence-electron chi connectivity index (χ3n) is 3.32. The Labute approximate surface area is 144 Å². The van der Waals surface area contributed by atoms with Crippen molar-refractivity contribution in [3.05, 3.63) is 53.4 Å². The average Bonchev–Trinajstić information content (AvgIpc) is 3.17. The maximum absolute atomic E-state index is 5.95. The first kappa shape index (κ1) is 16.1. The fourth-order valence-electron chi connectivity index (χ4n) is 2.03. The van der Waals surface area contributed by atoms with Gasteiger partial charge in [0.25, 0.3) is 0 Å². The molecule has 23 heavy (non-hydrogen) atoms. The topological polar surface area (TPSA) is 56.7 Å². The summed E-state index contributed by atoms with van der Waals surface area (Å²) in [6.45, 7) is 6.11. The van der Waals surface area contributed by atoms with Crippen molar-refractivity contribution in [2.45, 2.75) is 37.1 Å².